The summed E-state index contributed by atoms with van der Waals surface area (Å²) in [4.78, 5) is 0. The van der Waals surface area contributed by atoms with E-state index < -0.39 is 0 Å². The molecule has 0 spiro atoms. The Bertz CT molecular complexity index is 124. The third-order valence-corrected chi connectivity index (χ3v) is 2.21. The van der Waals surface area contributed by atoms with E-state index in [0.717, 1.165) is 19.6 Å². The predicted octanol–water partition coefficient (Wildman–Crippen LogP) is 1.55. The Morgan fingerprint density at radius 1 is 1.18 bits per heavy atom. The molecule has 0 aromatic rings. The Morgan fingerprint density at radius 2 is 1.82 bits per heavy atom. The molecule has 1 heterocycles. The lowest BCUT2D eigenvalue weighted by Crippen LogP contribution is -2.44. The molecule has 0 aliphatic carbocycles. The van der Waals surface area contributed by atoms with Crippen molar-refractivity contribution in [2.45, 2.75) is 45.3 Å². The van der Waals surface area contributed by atoms with Crippen LogP contribution in [0.2, 0.25) is 0 Å². The molecule has 66 valence electrons. The van der Waals surface area contributed by atoms with Crippen molar-refractivity contribution in [3.05, 3.63) is 0 Å². The fourth-order valence-electron chi connectivity index (χ4n) is 1.17. The van der Waals surface area contributed by atoms with Gasteiger partial charge in [-0.25, -0.2) is 0 Å². The molecule has 1 aliphatic rings. The van der Waals surface area contributed by atoms with Gasteiger partial charge in [0, 0.05) is 18.7 Å². The summed E-state index contributed by atoms with van der Waals surface area (Å²) in [6.45, 7) is 10.5. The van der Waals surface area contributed by atoms with E-state index in [9.17, 15) is 0 Å². The smallest absolute Gasteiger partial charge is 0.0750 e. The van der Waals surface area contributed by atoms with Crippen LogP contribution in [0.25, 0.3) is 0 Å². The lowest BCUT2D eigenvalue weighted by molar-refractivity contribution is -0.00405. The summed E-state index contributed by atoms with van der Waals surface area (Å²) >= 11 is 0. The molecule has 1 rings (SSSR count). The van der Waals surface area contributed by atoms with Crippen molar-refractivity contribution in [3.63, 3.8) is 0 Å². The molecule has 0 atom stereocenters. The van der Waals surface area contributed by atoms with Gasteiger partial charge in [-0.3, -0.25) is 0 Å². The van der Waals surface area contributed by atoms with Crippen LogP contribution in [0.1, 0.15) is 34.1 Å². The molecule has 11 heavy (non-hydrogen) atoms. The van der Waals surface area contributed by atoms with Gasteiger partial charge in [0.25, 0.3) is 0 Å². The molecule has 0 aromatic heterocycles. The van der Waals surface area contributed by atoms with Crippen LogP contribution in [0.4, 0.5) is 0 Å². The molecule has 0 aromatic carbocycles. The van der Waals surface area contributed by atoms with Gasteiger partial charge in [0.15, 0.2) is 0 Å². The summed E-state index contributed by atoms with van der Waals surface area (Å²) in [6.07, 6.45) is 1.09. The van der Waals surface area contributed by atoms with Gasteiger partial charge in [-0.1, -0.05) is 0 Å². The Kier molecular flexibility index (Phi) is 2.26. The number of rotatable bonds is 0. The number of hydrogen-bond acceptors (Lipinski definition) is 2. The first-order chi connectivity index (χ1) is 4.91. The molecular weight excluding hydrogens is 138 g/mol. The second-order valence-electron chi connectivity index (χ2n) is 4.60. The highest BCUT2D eigenvalue weighted by Crippen LogP contribution is 2.18. The van der Waals surface area contributed by atoms with Crippen LogP contribution in [-0.4, -0.2) is 24.3 Å². The molecule has 2 heteroatoms. The van der Waals surface area contributed by atoms with E-state index in [4.69, 9.17) is 4.74 Å². The lowest BCUT2D eigenvalue weighted by Gasteiger charge is -2.25. The first-order valence-corrected chi connectivity index (χ1v) is 4.30. The van der Waals surface area contributed by atoms with E-state index in [1.165, 1.54) is 0 Å². The molecule has 0 amide bonds. The molecule has 0 unspecified atom stereocenters. The molecule has 1 saturated heterocycles. The van der Waals surface area contributed by atoms with E-state index in [1.807, 2.05) is 0 Å². The Morgan fingerprint density at radius 3 is 2.45 bits per heavy atom. The minimum Gasteiger partial charge on any atom is -0.374 e. The first kappa shape index (κ1) is 9.01. The maximum absolute atomic E-state index is 5.66. The number of hydrogen-bond donors (Lipinski definition) is 1. The van der Waals surface area contributed by atoms with Gasteiger partial charge in [-0.2, -0.15) is 0 Å². The van der Waals surface area contributed by atoms with Crippen molar-refractivity contribution in [3.8, 4) is 0 Å². The highest BCUT2D eigenvalue weighted by Gasteiger charge is 2.28. The van der Waals surface area contributed by atoms with E-state index >= 15 is 0 Å². The molecule has 2 nitrogen and oxygen atoms in total. The second kappa shape index (κ2) is 2.76. The molecular formula is C9H19NO. The van der Waals surface area contributed by atoms with Gasteiger partial charge in [-0.15, -0.1) is 0 Å². The minimum absolute atomic E-state index is 0.00771. The van der Waals surface area contributed by atoms with E-state index in [1.54, 1.807) is 0 Å². The van der Waals surface area contributed by atoms with Crippen LogP contribution < -0.4 is 5.32 Å². The SMILES string of the molecule is CC1(C)CCOC(C)(C)CN1. The first-order valence-electron chi connectivity index (χ1n) is 4.30. The van der Waals surface area contributed by atoms with Crippen LogP contribution in [0, 0.1) is 0 Å². The van der Waals surface area contributed by atoms with Gasteiger partial charge in [0.05, 0.1) is 5.60 Å². The van der Waals surface area contributed by atoms with Crippen molar-refractivity contribution in [2.75, 3.05) is 13.2 Å². The topological polar surface area (TPSA) is 21.3 Å². The van der Waals surface area contributed by atoms with E-state index in [-0.39, 0.29) is 11.1 Å². The maximum Gasteiger partial charge on any atom is 0.0750 e. The quantitative estimate of drug-likeness (QED) is 0.576. The number of ether oxygens (including phenoxy) is 1. The van der Waals surface area contributed by atoms with Gasteiger partial charge < -0.3 is 10.1 Å². The monoisotopic (exact) mass is 157 g/mol. The van der Waals surface area contributed by atoms with Crippen molar-refractivity contribution in [1.29, 1.82) is 0 Å². The van der Waals surface area contributed by atoms with Gasteiger partial charge in [-0.05, 0) is 34.1 Å². The third kappa shape index (κ3) is 2.80. The Balaban J connectivity index is 2.53. The average molecular weight is 157 g/mol. The zero-order valence-electron chi connectivity index (χ0n) is 8.03. The summed E-state index contributed by atoms with van der Waals surface area (Å²) in [7, 11) is 0. The zero-order valence-corrected chi connectivity index (χ0v) is 8.03. The summed E-state index contributed by atoms with van der Waals surface area (Å²) in [5, 5.41) is 3.49. The number of nitrogens with one attached hydrogen (secondary N) is 1. The molecule has 1 fully saturated rings. The molecule has 0 bridgehead atoms. The van der Waals surface area contributed by atoms with Crippen LogP contribution in [0.3, 0.4) is 0 Å². The minimum atomic E-state index is 0.00771. The Labute approximate surface area is 69.3 Å². The van der Waals surface area contributed by atoms with Gasteiger partial charge in [0.1, 0.15) is 0 Å². The highest BCUT2D eigenvalue weighted by molar-refractivity contribution is 4.85. The summed E-state index contributed by atoms with van der Waals surface area (Å²) in [6, 6.07) is 0. The average Bonchev–Trinajstić information content (AvgIpc) is 1.92. The van der Waals surface area contributed by atoms with Crippen molar-refractivity contribution >= 4 is 0 Å². The normalized spacial score (nSPS) is 29.5. The Hall–Kier alpha value is -0.0800. The summed E-state index contributed by atoms with van der Waals surface area (Å²) in [5.41, 5.74) is 0.252. The summed E-state index contributed by atoms with van der Waals surface area (Å²) in [5.74, 6) is 0. The summed E-state index contributed by atoms with van der Waals surface area (Å²) < 4.78 is 5.66. The van der Waals surface area contributed by atoms with Crippen molar-refractivity contribution in [1.82, 2.24) is 5.32 Å². The molecule has 0 radical (unpaired) electrons. The van der Waals surface area contributed by atoms with Crippen LogP contribution >= 0.6 is 0 Å². The lowest BCUT2D eigenvalue weighted by atomic mass is 10.0. The van der Waals surface area contributed by atoms with Crippen molar-refractivity contribution in [2.24, 2.45) is 0 Å². The van der Waals surface area contributed by atoms with Crippen LogP contribution in [0.15, 0.2) is 0 Å². The fourth-order valence-corrected chi connectivity index (χ4v) is 1.17. The zero-order chi connectivity index (χ0) is 8.54. The molecule has 1 aliphatic heterocycles. The van der Waals surface area contributed by atoms with Crippen molar-refractivity contribution < 1.29 is 4.74 Å². The van der Waals surface area contributed by atoms with Gasteiger partial charge >= 0.3 is 0 Å². The third-order valence-electron chi connectivity index (χ3n) is 2.21. The van der Waals surface area contributed by atoms with Crippen LogP contribution in [0.5, 0.6) is 0 Å². The molecule has 0 saturated carbocycles. The second-order valence-corrected chi connectivity index (χ2v) is 4.60. The maximum atomic E-state index is 5.66. The highest BCUT2D eigenvalue weighted by atomic mass is 16.5. The standard InChI is InChI=1S/C9H19NO/c1-8(2)5-6-11-9(3,4)7-10-8/h10H,5-7H2,1-4H3. The van der Waals surface area contributed by atoms with Gasteiger partial charge in [0.2, 0.25) is 0 Å². The van der Waals surface area contributed by atoms with E-state index in [2.05, 4.69) is 33.0 Å². The van der Waals surface area contributed by atoms with Crippen LogP contribution in [-0.2, 0) is 4.74 Å². The predicted molar refractivity (Wildman–Crippen MR) is 46.7 cm³/mol. The largest absolute Gasteiger partial charge is 0.374 e. The fraction of sp³-hybridized carbons (Fsp3) is 1.00. The molecule has 1 N–H and O–H groups in total. The van der Waals surface area contributed by atoms with E-state index in [0.29, 0.717) is 0 Å².